The first-order valence-corrected chi connectivity index (χ1v) is 45.5. The molecule has 0 aromatic rings. The van der Waals surface area contributed by atoms with Gasteiger partial charge in [0, 0.05) is 25.7 Å². The van der Waals surface area contributed by atoms with Gasteiger partial charge in [0.25, 0.3) is 0 Å². The molecule has 0 rings (SSSR count). The minimum Gasteiger partial charge on any atom is -0.462 e. The van der Waals surface area contributed by atoms with Gasteiger partial charge in [0.1, 0.15) is 19.3 Å². The molecule has 0 saturated heterocycles. The topological polar surface area (TPSA) is 237 Å². The second-order valence-corrected chi connectivity index (χ2v) is 33.4. The SMILES string of the molecule is CCCCCCCCCCCCCCCCCCCCC(=O)OC[C@H](COP(=O)(O)OC[C@@H](O)COP(=O)(O)OC[C@@H](COC(=O)CCCCCCCCCC)OC(=O)CCCCCCCCCCCCCCCCC(C)C)OC(=O)CCCCCCCCCCCCCCCCCC(C)C. The van der Waals surface area contributed by atoms with Crippen LogP contribution in [0.5, 0.6) is 0 Å². The van der Waals surface area contributed by atoms with E-state index in [0.29, 0.717) is 25.7 Å². The molecule has 0 aromatic carbocycles. The highest BCUT2D eigenvalue weighted by Gasteiger charge is 2.30. The Morgan fingerprint density at radius 3 is 0.673 bits per heavy atom. The van der Waals surface area contributed by atoms with Gasteiger partial charge in [0.2, 0.25) is 0 Å². The molecule has 0 aromatic heterocycles. The number of phosphoric ester groups is 2. The van der Waals surface area contributed by atoms with Crippen LogP contribution in [0.4, 0.5) is 0 Å². The Kier molecular flexibility index (Phi) is 72.2. The molecule has 0 aliphatic carbocycles. The van der Waals surface area contributed by atoms with E-state index in [0.717, 1.165) is 108 Å². The van der Waals surface area contributed by atoms with Gasteiger partial charge in [0.05, 0.1) is 26.4 Å². The third-order valence-corrected chi connectivity index (χ3v) is 21.1. The third kappa shape index (κ3) is 76.1. The van der Waals surface area contributed by atoms with E-state index in [1.54, 1.807) is 0 Å². The van der Waals surface area contributed by atoms with Crippen molar-refractivity contribution in [2.24, 2.45) is 11.8 Å². The standard InChI is InChI=1S/C82H160O17P2/c1-7-9-11-13-15-17-18-19-20-21-22-25-31-36-41-47-53-59-65-80(85)93-71-78(99-82(87)66-60-54-48-42-37-32-26-23-24-29-34-39-44-50-56-62-74(3)4)73-97-101(90,91)95-69-76(83)68-94-100(88,89)96-72-77(70-92-79(84)64-58-52-46-16-14-12-10-8-2)98-81(86)67-61-55-49-43-38-33-28-27-30-35-40-45-51-57-63-75(5)6/h74-78,83H,7-73H2,1-6H3,(H,88,89)(H,90,91)/t76-,77+,78+/m0/s1. The number of unbranched alkanes of at least 4 members (excludes halogenated alkanes) is 51. The van der Waals surface area contributed by atoms with Crippen LogP contribution in [0, 0.1) is 11.8 Å². The van der Waals surface area contributed by atoms with Crippen molar-refractivity contribution in [1.82, 2.24) is 0 Å². The van der Waals surface area contributed by atoms with Gasteiger partial charge in [-0.3, -0.25) is 37.3 Å². The zero-order chi connectivity index (χ0) is 74.2. The number of ether oxygens (including phenoxy) is 4. The lowest BCUT2D eigenvalue weighted by Crippen LogP contribution is -2.30. The van der Waals surface area contributed by atoms with Crippen LogP contribution in [0.2, 0.25) is 0 Å². The molecule has 600 valence electrons. The van der Waals surface area contributed by atoms with Gasteiger partial charge in [0.15, 0.2) is 12.2 Å². The number of phosphoric acid groups is 2. The van der Waals surface area contributed by atoms with Gasteiger partial charge in [-0.15, -0.1) is 0 Å². The molecule has 19 heteroatoms. The van der Waals surface area contributed by atoms with Gasteiger partial charge in [-0.05, 0) is 37.5 Å². The van der Waals surface area contributed by atoms with Crippen LogP contribution in [-0.2, 0) is 65.4 Å². The zero-order valence-corrected chi connectivity index (χ0v) is 68.0. The van der Waals surface area contributed by atoms with Crippen molar-refractivity contribution in [1.29, 1.82) is 0 Å². The molecule has 0 saturated carbocycles. The Balaban J connectivity index is 5.20. The summed E-state index contributed by atoms with van der Waals surface area (Å²) in [5.74, 6) is -0.511. The van der Waals surface area contributed by atoms with E-state index in [2.05, 4.69) is 41.5 Å². The summed E-state index contributed by atoms with van der Waals surface area (Å²) in [5, 5.41) is 10.6. The van der Waals surface area contributed by atoms with E-state index in [1.807, 2.05) is 0 Å². The van der Waals surface area contributed by atoms with Gasteiger partial charge < -0.3 is 33.8 Å². The van der Waals surface area contributed by atoms with Crippen LogP contribution in [0.25, 0.3) is 0 Å². The maximum atomic E-state index is 13.1. The maximum Gasteiger partial charge on any atom is 0.472 e. The summed E-state index contributed by atoms with van der Waals surface area (Å²) in [7, 11) is -9.92. The van der Waals surface area contributed by atoms with Crippen LogP contribution < -0.4 is 0 Å². The number of aliphatic hydroxyl groups excluding tert-OH is 1. The second kappa shape index (κ2) is 73.6. The first-order chi connectivity index (χ1) is 48.9. The highest BCUT2D eigenvalue weighted by molar-refractivity contribution is 7.47. The number of carbonyl (C=O) groups excluding carboxylic acids is 4. The predicted octanol–water partition coefficient (Wildman–Crippen LogP) is 24.7. The Morgan fingerprint density at radius 1 is 0.267 bits per heavy atom. The first kappa shape index (κ1) is 99.1. The molecule has 5 atom stereocenters. The summed E-state index contributed by atoms with van der Waals surface area (Å²) in [5.41, 5.74) is 0. The fraction of sp³-hybridized carbons (Fsp3) is 0.951. The first-order valence-electron chi connectivity index (χ1n) is 42.5. The van der Waals surface area contributed by atoms with Crippen LogP contribution in [0.1, 0.15) is 433 Å². The number of esters is 4. The molecule has 0 heterocycles. The van der Waals surface area contributed by atoms with Crippen molar-refractivity contribution < 1.29 is 80.2 Å². The minimum absolute atomic E-state index is 0.108. The Hall–Kier alpha value is -1.94. The number of rotatable bonds is 81. The molecule has 0 amide bonds. The highest BCUT2D eigenvalue weighted by atomic mass is 31.2. The second-order valence-electron chi connectivity index (χ2n) is 30.5. The Bertz CT molecular complexity index is 1940. The average molecular weight is 1480 g/mol. The summed E-state index contributed by atoms with van der Waals surface area (Å²) < 4.78 is 68.7. The van der Waals surface area contributed by atoms with Crippen molar-refractivity contribution in [2.75, 3.05) is 39.6 Å². The van der Waals surface area contributed by atoms with E-state index < -0.39 is 97.5 Å². The lowest BCUT2D eigenvalue weighted by atomic mass is 10.0. The molecule has 101 heavy (non-hydrogen) atoms. The summed E-state index contributed by atoms with van der Waals surface area (Å²) in [6.45, 7) is 9.67. The summed E-state index contributed by atoms with van der Waals surface area (Å²) in [4.78, 5) is 73.0. The minimum atomic E-state index is -4.96. The van der Waals surface area contributed by atoms with Crippen LogP contribution in [-0.4, -0.2) is 96.7 Å². The molecule has 2 unspecified atom stereocenters. The van der Waals surface area contributed by atoms with Crippen molar-refractivity contribution in [3.8, 4) is 0 Å². The number of aliphatic hydroxyl groups is 1. The molecular weight excluding hydrogens is 1320 g/mol. The lowest BCUT2D eigenvalue weighted by molar-refractivity contribution is -0.161. The largest absolute Gasteiger partial charge is 0.472 e. The van der Waals surface area contributed by atoms with Crippen LogP contribution >= 0.6 is 15.6 Å². The molecule has 0 bridgehead atoms. The number of hydrogen-bond acceptors (Lipinski definition) is 15. The van der Waals surface area contributed by atoms with E-state index in [1.165, 1.54) is 244 Å². The highest BCUT2D eigenvalue weighted by Crippen LogP contribution is 2.45. The van der Waals surface area contributed by atoms with E-state index >= 15 is 0 Å². The van der Waals surface area contributed by atoms with E-state index in [4.69, 9.17) is 37.0 Å². The Morgan fingerprint density at radius 2 is 0.455 bits per heavy atom. The van der Waals surface area contributed by atoms with Crippen LogP contribution in [0.3, 0.4) is 0 Å². The van der Waals surface area contributed by atoms with Gasteiger partial charge in [-0.25, -0.2) is 9.13 Å². The zero-order valence-electron chi connectivity index (χ0n) is 66.2. The molecule has 3 N–H and O–H groups in total. The smallest absolute Gasteiger partial charge is 0.462 e. The molecule has 0 spiro atoms. The molecule has 0 fully saturated rings. The normalized spacial score (nSPS) is 13.9. The summed E-state index contributed by atoms with van der Waals surface area (Å²) in [6, 6.07) is 0. The number of hydrogen-bond donors (Lipinski definition) is 3. The Labute approximate surface area is 619 Å². The van der Waals surface area contributed by atoms with E-state index in [9.17, 15) is 43.2 Å². The van der Waals surface area contributed by atoms with Crippen LogP contribution in [0.15, 0.2) is 0 Å². The lowest BCUT2D eigenvalue weighted by Gasteiger charge is -2.21. The molecule has 17 nitrogen and oxygen atoms in total. The molecule has 0 aliphatic rings. The van der Waals surface area contributed by atoms with Gasteiger partial charge in [-0.1, -0.05) is 382 Å². The monoisotopic (exact) mass is 1480 g/mol. The summed E-state index contributed by atoms with van der Waals surface area (Å²) >= 11 is 0. The van der Waals surface area contributed by atoms with E-state index in [-0.39, 0.29) is 25.7 Å². The van der Waals surface area contributed by atoms with Crippen molar-refractivity contribution >= 4 is 39.5 Å². The summed E-state index contributed by atoms with van der Waals surface area (Å²) in [6.07, 6.45) is 63.9. The predicted molar refractivity (Wildman–Crippen MR) is 414 cm³/mol. The maximum absolute atomic E-state index is 13.1. The van der Waals surface area contributed by atoms with Crippen molar-refractivity contribution in [3.05, 3.63) is 0 Å². The fourth-order valence-electron chi connectivity index (χ4n) is 12.7. The average Bonchev–Trinajstić information content (AvgIpc) is 0.932. The third-order valence-electron chi connectivity index (χ3n) is 19.2. The van der Waals surface area contributed by atoms with Gasteiger partial charge in [-0.2, -0.15) is 0 Å². The molecule has 0 radical (unpaired) electrons. The molecule has 0 aliphatic heterocycles. The molecular formula is C82H160O17P2. The van der Waals surface area contributed by atoms with Gasteiger partial charge >= 0.3 is 39.5 Å². The fourth-order valence-corrected chi connectivity index (χ4v) is 14.3. The quantitative estimate of drug-likeness (QED) is 0.0222. The number of carbonyl (C=O) groups is 4. The van der Waals surface area contributed by atoms with Crippen molar-refractivity contribution in [3.63, 3.8) is 0 Å². The van der Waals surface area contributed by atoms with Crippen molar-refractivity contribution in [2.45, 2.75) is 452 Å².